The van der Waals surface area contributed by atoms with Crippen molar-refractivity contribution in [3.8, 4) is 0 Å². The summed E-state index contributed by atoms with van der Waals surface area (Å²) in [5, 5.41) is 3.46. The van der Waals surface area contributed by atoms with Crippen molar-refractivity contribution < 1.29 is 4.42 Å². The summed E-state index contributed by atoms with van der Waals surface area (Å²) in [6.45, 7) is 0. The molecule has 2 aromatic carbocycles. The quantitative estimate of drug-likeness (QED) is 0.444. The van der Waals surface area contributed by atoms with E-state index in [2.05, 4.69) is 17.1 Å². The third-order valence-electron chi connectivity index (χ3n) is 3.14. The van der Waals surface area contributed by atoms with Gasteiger partial charge >= 0.3 is 0 Å². The van der Waals surface area contributed by atoms with Gasteiger partial charge in [-0.25, -0.2) is 4.98 Å². The van der Waals surface area contributed by atoms with E-state index in [1.807, 2.05) is 36.4 Å². The van der Waals surface area contributed by atoms with Crippen LogP contribution in [-0.4, -0.2) is 4.98 Å². The van der Waals surface area contributed by atoms with Crippen LogP contribution in [0.5, 0.6) is 0 Å². The van der Waals surface area contributed by atoms with Crippen LogP contribution in [0.2, 0.25) is 0 Å². The molecule has 0 bridgehead atoms. The zero-order chi connectivity index (χ0) is 11.2. The molecule has 0 aliphatic carbocycles. The largest absolute Gasteiger partial charge is 0.464 e. The third-order valence-corrected chi connectivity index (χ3v) is 3.14. The summed E-state index contributed by atoms with van der Waals surface area (Å²) in [5.74, 6) is 0. The Morgan fingerprint density at radius 3 is 2.65 bits per heavy atom. The molecule has 0 spiro atoms. The zero-order valence-corrected chi connectivity index (χ0v) is 9.05. The van der Waals surface area contributed by atoms with Crippen molar-refractivity contribution in [3.05, 3.63) is 54.8 Å². The van der Waals surface area contributed by atoms with Gasteiger partial charge in [-0.3, -0.25) is 0 Å². The lowest BCUT2D eigenvalue weighted by Crippen LogP contribution is -1.74. The maximum Gasteiger partial charge on any atom is 0.135 e. The number of fused-ring (bicyclic) bond motifs is 5. The minimum atomic E-state index is 0.878. The molecule has 2 heteroatoms. The number of nitrogens with zero attached hydrogens (tertiary/aromatic N) is 1. The summed E-state index contributed by atoms with van der Waals surface area (Å²) >= 11 is 0. The van der Waals surface area contributed by atoms with Gasteiger partial charge in [0.15, 0.2) is 0 Å². The predicted octanol–water partition coefficient (Wildman–Crippen LogP) is 4.13. The Morgan fingerprint density at radius 1 is 0.765 bits per heavy atom. The van der Waals surface area contributed by atoms with E-state index >= 15 is 0 Å². The van der Waals surface area contributed by atoms with Crippen LogP contribution in [0.15, 0.2) is 59.2 Å². The number of hydrogen-bond acceptors (Lipinski definition) is 2. The van der Waals surface area contributed by atoms with Crippen LogP contribution in [0.3, 0.4) is 0 Å². The van der Waals surface area contributed by atoms with Crippen molar-refractivity contribution in [2.24, 2.45) is 0 Å². The van der Waals surface area contributed by atoms with E-state index in [0.717, 1.165) is 22.0 Å². The minimum absolute atomic E-state index is 0.878. The lowest BCUT2D eigenvalue weighted by atomic mass is 10.1. The number of aromatic nitrogens is 1. The van der Waals surface area contributed by atoms with E-state index in [-0.39, 0.29) is 0 Å². The molecule has 0 atom stereocenters. The maximum atomic E-state index is 5.48. The monoisotopic (exact) mass is 219 g/mol. The molecule has 4 aromatic rings. The number of hydrogen-bond donors (Lipinski definition) is 0. The molecule has 0 unspecified atom stereocenters. The Bertz CT molecular complexity index is 845. The summed E-state index contributed by atoms with van der Waals surface area (Å²) in [6.07, 6.45) is 1.69. The van der Waals surface area contributed by atoms with Crippen LogP contribution < -0.4 is 0 Å². The molecule has 17 heavy (non-hydrogen) atoms. The van der Waals surface area contributed by atoms with Crippen LogP contribution in [-0.2, 0) is 0 Å². The van der Waals surface area contributed by atoms with Crippen LogP contribution >= 0.6 is 0 Å². The molecule has 0 aliphatic heterocycles. The highest BCUT2D eigenvalue weighted by molar-refractivity contribution is 6.15. The molecule has 80 valence electrons. The number of rotatable bonds is 0. The molecule has 4 rings (SSSR count). The third kappa shape index (κ3) is 1.12. The van der Waals surface area contributed by atoms with E-state index in [1.165, 1.54) is 10.8 Å². The predicted molar refractivity (Wildman–Crippen MR) is 69.0 cm³/mol. The van der Waals surface area contributed by atoms with Gasteiger partial charge in [0.2, 0.25) is 0 Å². The van der Waals surface area contributed by atoms with Gasteiger partial charge in [0.1, 0.15) is 5.58 Å². The molecule has 0 N–H and O–H groups in total. The SMILES string of the molecule is c1ccc2c(c1)nc1c3cccoc3ccc21. The highest BCUT2D eigenvalue weighted by Gasteiger charge is 2.08. The van der Waals surface area contributed by atoms with Crippen LogP contribution in [0.4, 0.5) is 0 Å². The van der Waals surface area contributed by atoms with Crippen molar-refractivity contribution >= 4 is 32.8 Å². The summed E-state index contributed by atoms with van der Waals surface area (Å²) in [7, 11) is 0. The highest BCUT2D eigenvalue weighted by Crippen LogP contribution is 2.30. The molecule has 0 fully saturated rings. The summed E-state index contributed by atoms with van der Waals surface area (Å²) in [4.78, 5) is 4.68. The molecule has 0 radical (unpaired) electrons. The van der Waals surface area contributed by atoms with Gasteiger partial charge in [0.25, 0.3) is 0 Å². The second-order valence-electron chi connectivity index (χ2n) is 4.12. The molecule has 0 aliphatic rings. The van der Waals surface area contributed by atoms with Gasteiger partial charge in [0, 0.05) is 16.2 Å². The van der Waals surface area contributed by atoms with Gasteiger partial charge in [-0.1, -0.05) is 18.2 Å². The van der Waals surface area contributed by atoms with Crippen molar-refractivity contribution in [1.29, 1.82) is 0 Å². The van der Waals surface area contributed by atoms with E-state index < -0.39 is 0 Å². The van der Waals surface area contributed by atoms with Gasteiger partial charge in [0.05, 0.1) is 17.3 Å². The molecule has 0 amide bonds. The highest BCUT2D eigenvalue weighted by atomic mass is 16.3. The first-order valence-electron chi connectivity index (χ1n) is 5.58. The average molecular weight is 219 g/mol. The molecule has 2 aromatic heterocycles. The lowest BCUT2D eigenvalue weighted by molar-refractivity contribution is 0.604. The number of para-hydroxylation sites is 1. The minimum Gasteiger partial charge on any atom is -0.464 e. The van der Waals surface area contributed by atoms with Crippen molar-refractivity contribution in [2.75, 3.05) is 0 Å². The first-order chi connectivity index (χ1) is 8.43. The maximum absolute atomic E-state index is 5.48. The van der Waals surface area contributed by atoms with Gasteiger partial charge in [-0.2, -0.15) is 0 Å². The van der Waals surface area contributed by atoms with Gasteiger partial charge < -0.3 is 4.42 Å². The molecular weight excluding hydrogens is 210 g/mol. The van der Waals surface area contributed by atoms with Crippen molar-refractivity contribution in [1.82, 2.24) is 4.98 Å². The van der Waals surface area contributed by atoms with Crippen molar-refractivity contribution in [2.45, 2.75) is 0 Å². The Morgan fingerprint density at radius 2 is 1.65 bits per heavy atom. The van der Waals surface area contributed by atoms with Crippen LogP contribution in [0.25, 0.3) is 32.8 Å². The standard InChI is InChI=1S/C15H9NO/c1-2-6-13-10(4-1)11-7-8-14-12(15(11)16-13)5-3-9-17-14/h1-9H. The Hall–Kier alpha value is -2.35. The second-order valence-corrected chi connectivity index (χ2v) is 4.12. The fraction of sp³-hybridized carbons (Fsp3) is 0. The molecule has 2 heterocycles. The molecular formula is C15H9NO. The van der Waals surface area contributed by atoms with E-state index in [4.69, 9.17) is 4.42 Å². The normalized spacial score (nSPS) is 11.5. The van der Waals surface area contributed by atoms with Crippen LogP contribution in [0, 0.1) is 0 Å². The van der Waals surface area contributed by atoms with Gasteiger partial charge in [-0.05, 0) is 30.3 Å². The smallest absolute Gasteiger partial charge is 0.135 e. The summed E-state index contributed by atoms with van der Waals surface area (Å²) < 4.78 is 5.48. The average Bonchev–Trinajstić information content (AvgIpc) is 2.78. The Labute approximate surface area is 97.5 Å². The lowest BCUT2D eigenvalue weighted by Gasteiger charge is -1.97. The molecule has 0 saturated heterocycles. The first kappa shape index (κ1) is 8.76. The molecule has 2 nitrogen and oxygen atoms in total. The summed E-state index contributed by atoms with van der Waals surface area (Å²) in [6, 6.07) is 16.2. The van der Waals surface area contributed by atoms with Crippen molar-refractivity contribution in [3.63, 3.8) is 0 Å². The number of benzene rings is 2. The second kappa shape index (κ2) is 3.08. The fourth-order valence-corrected chi connectivity index (χ4v) is 2.36. The Balaban J connectivity index is 2.34. The van der Waals surface area contributed by atoms with Crippen LogP contribution in [0.1, 0.15) is 0 Å². The fourth-order valence-electron chi connectivity index (χ4n) is 2.36. The van der Waals surface area contributed by atoms with Gasteiger partial charge in [-0.15, -0.1) is 0 Å². The Kier molecular flexibility index (Phi) is 1.59. The zero-order valence-electron chi connectivity index (χ0n) is 9.05. The summed E-state index contributed by atoms with van der Waals surface area (Å²) in [5.41, 5.74) is 2.94. The first-order valence-corrected chi connectivity index (χ1v) is 5.58. The molecule has 0 saturated carbocycles. The van der Waals surface area contributed by atoms with E-state index in [1.54, 1.807) is 6.26 Å². The van der Waals surface area contributed by atoms with E-state index in [9.17, 15) is 0 Å². The topological polar surface area (TPSA) is 26.0 Å². The van der Waals surface area contributed by atoms with E-state index in [0.29, 0.717) is 0 Å².